The van der Waals surface area contributed by atoms with E-state index in [4.69, 9.17) is 9.47 Å². The van der Waals surface area contributed by atoms with E-state index in [0.717, 1.165) is 30.9 Å². The molecule has 1 heterocycles. The molecule has 2 aromatic carbocycles. The number of carbonyl (C=O) groups excluding carboxylic acids is 1. The molecule has 1 N–H and O–H groups in total. The van der Waals surface area contributed by atoms with Gasteiger partial charge in [-0.15, -0.1) is 0 Å². The van der Waals surface area contributed by atoms with Crippen molar-refractivity contribution < 1.29 is 14.3 Å². The number of morpholine rings is 1. The molecule has 1 aliphatic carbocycles. The molecule has 2 atom stereocenters. The lowest BCUT2D eigenvalue weighted by atomic mass is 10.1. The zero-order valence-electron chi connectivity index (χ0n) is 17.5. The Morgan fingerprint density at radius 2 is 2.03 bits per heavy atom. The van der Waals surface area contributed by atoms with Crippen molar-refractivity contribution in [2.75, 3.05) is 37.0 Å². The number of hydrogen-bond acceptors (Lipinski definition) is 4. The third-order valence-corrected chi connectivity index (χ3v) is 5.85. The molecule has 2 aromatic rings. The highest BCUT2D eigenvalue weighted by Crippen LogP contribution is 2.49. The van der Waals surface area contributed by atoms with Gasteiger partial charge in [0.2, 0.25) is 5.91 Å². The molecule has 0 bridgehead atoms. The zero-order valence-corrected chi connectivity index (χ0v) is 17.5. The summed E-state index contributed by atoms with van der Waals surface area (Å²) in [4.78, 5) is 14.9. The van der Waals surface area contributed by atoms with E-state index in [-0.39, 0.29) is 11.5 Å². The van der Waals surface area contributed by atoms with E-state index in [1.54, 1.807) is 7.11 Å². The van der Waals surface area contributed by atoms with Crippen LogP contribution in [0.15, 0.2) is 48.5 Å². The number of carbonyl (C=O) groups is 1. The van der Waals surface area contributed by atoms with Crippen molar-refractivity contribution in [2.24, 2.45) is 5.92 Å². The molecule has 2 aliphatic rings. The first kappa shape index (κ1) is 19.8. The lowest BCUT2D eigenvalue weighted by Crippen LogP contribution is -2.48. The molecule has 5 nitrogen and oxygen atoms in total. The third-order valence-electron chi connectivity index (χ3n) is 5.85. The van der Waals surface area contributed by atoms with Crippen molar-refractivity contribution in [3.63, 3.8) is 0 Å². The molecule has 0 unspecified atom stereocenters. The molecule has 1 saturated heterocycles. The Bertz CT molecular complexity index is 866. The molecule has 1 amide bonds. The maximum atomic E-state index is 12.6. The van der Waals surface area contributed by atoms with Gasteiger partial charge in [0.15, 0.2) is 0 Å². The predicted molar refractivity (Wildman–Crippen MR) is 116 cm³/mol. The Labute approximate surface area is 173 Å². The first-order valence-corrected chi connectivity index (χ1v) is 10.4. The van der Waals surface area contributed by atoms with Gasteiger partial charge < -0.3 is 19.7 Å². The lowest BCUT2D eigenvalue weighted by molar-refractivity contribution is -0.116. The number of hydrogen-bond donors (Lipinski definition) is 1. The number of anilines is 2. The summed E-state index contributed by atoms with van der Waals surface area (Å²) < 4.78 is 11.4. The van der Waals surface area contributed by atoms with Crippen LogP contribution in [0.5, 0.6) is 5.75 Å². The van der Waals surface area contributed by atoms with Crippen LogP contribution in [-0.2, 0) is 9.53 Å². The molecule has 1 saturated carbocycles. The molecular formula is C24H30N2O3. The first-order chi connectivity index (χ1) is 13.9. The Morgan fingerprint density at radius 1 is 1.24 bits per heavy atom. The SMILES string of the molecule is COc1cc(N2CCOC(C)(C)C2)ccc1NC(=O)C[C@@H]1C[C@H]1c1ccccc1. The molecule has 0 spiro atoms. The van der Waals surface area contributed by atoms with Crippen molar-refractivity contribution in [3.05, 3.63) is 54.1 Å². The van der Waals surface area contributed by atoms with Gasteiger partial charge in [0.1, 0.15) is 5.75 Å². The quantitative estimate of drug-likeness (QED) is 0.787. The average Bonchev–Trinajstić information content (AvgIpc) is 3.47. The molecule has 0 radical (unpaired) electrons. The monoisotopic (exact) mass is 394 g/mol. The Kier molecular flexibility index (Phi) is 5.50. The van der Waals surface area contributed by atoms with Gasteiger partial charge in [-0.3, -0.25) is 4.79 Å². The molecule has 2 fully saturated rings. The second kappa shape index (κ2) is 8.07. The van der Waals surface area contributed by atoms with Crippen molar-refractivity contribution >= 4 is 17.3 Å². The van der Waals surface area contributed by atoms with Crippen molar-refractivity contribution in [1.29, 1.82) is 0 Å². The number of ether oxygens (including phenoxy) is 2. The van der Waals surface area contributed by atoms with Crippen molar-refractivity contribution in [1.82, 2.24) is 0 Å². The van der Waals surface area contributed by atoms with Gasteiger partial charge in [-0.25, -0.2) is 0 Å². The van der Waals surface area contributed by atoms with Gasteiger partial charge in [0.25, 0.3) is 0 Å². The standard InChI is InChI=1S/C24H30N2O3/c1-24(2)16-26(11-12-29-24)19-9-10-21(22(15-19)28-3)25-23(27)14-18-13-20(18)17-7-5-4-6-8-17/h4-10,15,18,20H,11-14,16H2,1-3H3,(H,25,27)/t18-,20-/m0/s1. The number of nitrogens with one attached hydrogen (secondary N) is 1. The summed E-state index contributed by atoms with van der Waals surface area (Å²) in [7, 11) is 1.64. The van der Waals surface area contributed by atoms with Crippen LogP contribution in [0.2, 0.25) is 0 Å². The van der Waals surface area contributed by atoms with E-state index >= 15 is 0 Å². The lowest BCUT2D eigenvalue weighted by Gasteiger charge is -2.39. The summed E-state index contributed by atoms with van der Waals surface area (Å²) in [6.07, 6.45) is 1.63. The minimum Gasteiger partial charge on any atom is -0.494 e. The minimum absolute atomic E-state index is 0.0481. The number of amides is 1. The summed E-state index contributed by atoms with van der Waals surface area (Å²) in [6.45, 7) is 6.58. The minimum atomic E-state index is -0.169. The Balaban J connectivity index is 1.38. The Morgan fingerprint density at radius 3 is 2.76 bits per heavy atom. The second-order valence-corrected chi connectivity index (χ2v) is 8.68. The van der Waals surface area contributed by atoms with Gasteiger partial charge in [-0.05, 0) is 49.8 Å². The smallest absolute Gasteiger partial charge is 0.224 e. The van der Waals surface area contributed by atoms with E-state index in [0.29, 0.717) is 30.6 Å². The van der Waals surface area contributed by atoms with E-state index in [1.165, 1.54) is 5.56 Å². The van der Waals surface area contributed by atoms with E-state index in [1.807, 2.05) is 24.3 Å². The van der Waals surface area contributed by atoms with Gasteiger partial charge >= 0.3 is 0 Å². The summed E-state index contributed by atoms with van der Waals surface area (Å²) in [5, 5.41) is 3.04. The molecule has 154 valence electrons. The van der Waals surface area contributed by atoms with E-state index in [9.17, 15) is 4.79 Å². The van der Waals surface area contributed by atoms with Crippen molar-refractivity contribution in [3.8, 4) is 5.75 Å². The highest BCUT2D eigenvalue weighted by atomic mass is 16.5. The molecule has 1 aliphatic heterocycles. The van der Waals surface area contributed by atoms with Gasteiger partial charge in [-0.1, -0.05) is 30.3 Å². The topological polar surface area (TPSA) is 50.8 Å². The summed E-state index contributed by atoms with van der Waals surface area (Å²) in [5.41, 5.74) is 2.98. The number of rotatable bonds is 6. The normalized spacial score (nSPS) is 22.8. The van der Waals surface area contributed by atoms with Crippen LogP contribution in [0.1, 0.15) is 38.2 Å². The largest absolute Gasteiger partial charge is 0.494 e. The molecule has 4 rings (SSSR count). The summed E-state index contributed by atoms with van der Waals surface area (Å²) in [6, 6.07) is 16.4. The fourth-order valence-corrected chi connectivity index (χ4v) is 4.24. The van der Waals surface area contributed by atoms with Crippen LogP contribution in [0, 0.1) is 5.92 Å². The Hall–Kier alpha value is -2.53. The highest BCUT2D eigenvalue weighted by molar-refractivity contribution is 5.93. The molecule has 0 aromatic heterocycles. The average molecular weight is 395 g/mol. The highest BCUT2D eigenvalue weighted by Gasteiger charge is 2.39. The number of nitrogens with zero attached hydrogens (tertiary/aromatic N) is 1. The summed E-state index contributed by atoms with van der Waals surface area (Å²) in [5.74, 6) is 1.68. The molecular weight excluding hydrogens is 364 g/mol. The van der Waals surface area contributed by atoms with Crippen LogP contribution < -0.4 is 15.0 Å². The van der Waals surface area contributed by atoms with E-state index < -0.39 is 0 Å². The fourth-order valence-electron chi connectivity index (χ4n) is 4.24. The predicted octanol–water partition coefficient (Wildman–Crippen LogP) is 4.44. The van der Waals surface area contributed by atoms with Gasteiger partial charge in [0, 0.05) is 31.3 Å². The first-order valence-electron chi connectivity index (χ1n) is 10.4. The van der Waals surface area contributed by atoms with E-state index in [2.05, 4.69) is 48.3 Å². The number of methoxy groups -OCH3 is 1. The van der Waals surface area contributed by atoms with Crippen LogP contribution >= 0.6 is 0 Å². The zero-order chi connectivity index (χ0) is 20.4. The van der Waals surface area contributed by atoms with Crippen LogP contribution in [0.25, 0.3) is 0 Å². The molecule has 29 heavy (non-hydrogen) atoms. The van der Waals surface area contributed by atoms with Crippen LogP contribution in [0.4, 0.5) is 11.4 Å². The third kappa shape index (κ3) is 4.73. The summed E-state index contributed by atoms with van der Waals surface area (Å²) >= 11 is 0. The van der Waals surface area contributed by atoms with Gasteiger partial charge in [-0.2, -0.15) is 0 Å². The van der Waals surface area contributed by atoms with Crippen molar-refractivity contribution in [2.45, 2.75) is 38.2 Å². The maximum absolute atomic E-state index is 12.6. The number of benzene rings is 2. The molecule has 5 heteroatoms. The van der Waals surface area contributed by atoms with Crippen LogP contribution in [-0.4, -0.2) is 38.3 Å². The van der Waals surface area contributed by atoms with Gasteiger partial charge in [0.05, 0.1) is 25.0 Å². The van der Waals surface area contributed by atoms with Crippen LogP contribution in [0.3, 0.4) is 0 Å². The second-order valence-electron chi connectivity index (χ2n) is 8.68. The fraction of sp³-hybridized carbons (Fsp3) is 0.458. The maximum Gasteiger partial charge on any atom is 0.224 e.